The number of rotatable bonds is 4. The highest BCUT2D eigenvalue weighted by atomic mass is 16.5. The molecule has 2 saturated heterocycles. The van der Waals surface area contributed by atoms with Crippen molar-refractivity contribution in [3.05, 3.63) is 0 Å². The largest absolute Gasteiger partial charge is 0.378 e. The van der Waals surface area contributed by atoms with Crippen molar-refractivity contribution in [2.75, 3.05) is 26.2 Å². The standard InChI is InChI=1S/C13H24N2O2/c1-10-12(4-7-17-10)9-15-13(16)8-11-2-5-14-6-3-11/h10-12,14H,2-9H2,1H3,(H,15,16). The second-order valence-corrected chi connectivity index (χ2v) is 5.33. The first kappa shape index (κ1) is 12.8. The van der Waals surface area contributed by atoms with Crippen molar-refractivity contribution in [2.24, 2.45) is 11.8 Å². The van der Waals surface area contributed by atoms with E-state index in [-0.39, 0.29) is 5.91 Å². The van der Waals surface area contributed by atoms with Crippen molar-refractivity contribution in [1.29, 1.82) is 0 Å². The highest BCUT2D eigenvalue weighted by Gasteiger charge is 2.25. The number of hydrogen-bond donors (Lipinski definition) is 2. The van der Waals surface area contributed by atoms with Crippen molar-refractivity contribution in [1.82, 2.24) is 10.6 Å². The molecule has 0 saturated carbocycles. The Morgan fingerprint density at radius 2 is 2.12 bits per heavy atom. The summed E-state index contributed by atoms with van der Waals surface area (Å²) in [4.78, 5) is 11.8. The lowest BCUT2D eigenvalue weighted by Gasteiger charge is -2.22. The van der Waals surface area contributed by atoms with Gasteiger partial charge in [0.15, 0.2) is 0 Å². The Kier molecular flexibility index (Phi) is 4.80. The molecule has 2 heterocycles. The van der Waals surface area contributed by atoms with Crippen molar-refractivity contribution >= 4 is 5.91 Å². The molecule has 2 aliphatic rings. The van der Waals surface area contributed by atoms with Crippen molar-refractivity contribution in [3.8, 4) is 0 Å². The molecule has 2 atom stereocenters. The van der Waals surface area contributed by atoms with E-state index in [1.54, 1.807) is 0 Å². The van der Waals surface area contributed by atoms with Crippen LogP contribution in [0, 0.1) is 11.8 Å². The molecule has 1 amide bonds. The second kappa shape index (κ2) is 6.36. The molecule has 0 bridgehead atoms. The van der Waals surface area contributed by atoms with Crippen LogP contribution < -0.4 is 10.6 Å². The first-order valence-electron chi connectivity index (χ1n) is 6.84. The third-order valence-electron chi connectivity index (χ3n) is 4.03. The monoisotopic (exact) mass is 240 g/mol. The Bertz CT molecular complexity index is 252. The topological polar surface area (TPSA) is 50.4 Å². The number of nitrogens with one attached hydrogen (secondary N) is 2. The van der Waals surface area contributed by atoms with E-state index in [2.05, 4.69) is 17.6 Å². The van der Waals surface area contributed by atoms with Crippen LogP contribution in [0.1, 0.15) is 32.6 Å². The van der Waals surface area contributed by atoms with Crippen LogP contribution in [0.4, 0.5) is 0 Å². The molecule has 4 heteroatoms. The van der Waals surface area contributed by atoms with Gasteiger partial charge >= 0.3 is 0 Å². The van der Waals surface area contributed by atoms with Gasteiger partial charge in [-0.1, -0.05) is 0 Å². The van der Waals surface area contributed by atoms with Crippen molar-refractivity contribution < 1.29 is 9.53 Å². The summed E-state index contributed by atoms with van der Waals surface area (Å²) in [5, 5.41) is 6.39. The number of piperidine rings is 1. The predicted molar refractivity (Wildman–Crippen MR) is 66.7 cm³/mol. The van der Waals surface area contributed by atoms with Crippen LogP contribution in [-0.2, 0) is 9.53 Å². The third-order valence-corrected chi connectivity index (χ3v) is 4.03. The quantitative estimate of drug-likeness (QED) is 0.768. The zero-order valence-electron chi connectivity index (χ0n) is 10.7. The summed E-state index contributed by atoms with van der Waals surface area (Å²) in [5.74, 6) is 1.30. The van der Waals surface area contributed by atoms with Gasteiger partial charge in [0.1, 0.15) is 0 Å². The van der Waals surface area contributed by atoms with Crippen LogP contribution in [0.25, 0.3) is 0 Å². The lowest BCUT2D eigenvalue weighted by atomic mass is 9.94. The number of carbonyl (C=O) groups excluding carboxylic acids is 1. The fraction of sp³-hybridized carbons (Fsp3) is 0.923. The van der Waals surface area contributed by atoms with Crippen LogP contribution in [0.2, 0.25) is 0 Å². The SMILES string of the molecule is CC1OCCC1CNC(=O)CC1CCNCC1. The summed E-state index contributed by atoms with van der Waals surface area (Å²) >= 11 is 0. The third kappa shape index (κ3) is 3.96. The summed E-state index contributed by atoms with van der Waals surface area (Å²) in [5.41, 5.74) is 0. The van der Waals surface area contributed by atoms with E-state index in [0.29, 0.717) is 24.4 Å². The molecule has 0 aromatic carbocycles. The van der Waals surface area contributed by atoms with Gasteiger partial charge in [-0.2, -0.15) is 0 Å². The van der Waals surface area contributed by atoms with Crippen molar-refractivity contribution in [2.45, 2.75) is 38.7 Å². The molecule has 0 aromatic rings. The molecule has 0 radical (unpaired) electrons. The maximum Gasteiger partial charge on any atom is 0.220 e. The molecule has 2 fully saturated rings. The minimum Gasteiger partial charge on any atom is -0.378 e. The van der Waals surface area contributed by atoms with Crippen LogP contribution in [-0.4, -0.2) is 38.3 Å². The zero-order valence-corrected chi connectivity index (χ0v) is 10.7. The lowest BCUT2D eigenvalue weighted by Crippen LogP contribution is -2.35. The Balaban J connectivity index is 1.63. The Morgan fingerprint density at radius 3 is 2.76 bits per heavy atom. The molecule has 17 heavy (non-hydrogen) atoms. The average molecular weight is 240 g/mol. The fourth-order valence-electron chi connectivity index (χ4n) is 2.71. The molecule has 98 valence electrons. The van der Waals surface area contributed by atoms with Gasteiger partial charge in [-0.15, -0.1) is 0 Å². The fourth-order valence-corrected chi connectivity index (χ4v) is 2.71. The van der Waals surface area contributed by atoms with E-state index in [9.17, 15) is 4.79 Å². The normalized spacial score (nSPS) is 30.4. The summed E-state index contributed by atoms with van der Waals surface area (Å²) in [7, 11) is 0. The molecule has 0 aliphatic carbocycles. The van der Waals surface area contributed by atoms with Gasteiger partial charge in [0, 0.05) is 25.5 Å². The molecule has 0 spiro atoms. The van der Waals surface area contributed by atoms with Crippen LogP contribution in [0.5, 0.6) is 0 Å². The Morgan fingerprint density at radius 1 is 1.35 bits per heavy atom. The molecule has 4 nitrogen and oxygen atoms in total. The average Bonchev–Trinajstić information content (AvgIpc) is 2.74. The molecule has 2 aliphatic heterocycles. The molecule has 2 unspecified atom stereocenters. The lowest BCUT2D eigenvalue weighted by molar-refractivity contribution is -0.122. The van der Waals surface area contributed by atoms with E-state index in [0.717, 1.165) is 45.5 Å². The second-order valence-electron chi connectivity index (χ2n) is 5.33. The number of hydrogen-bond acceptors (Lipinski definition) is 3. The van der Waals surface area contributed by atoms with Gasteiger partial charge in [0.2, 0.25) is 5.91 Å². The van der Waals surface area contributed by atoms with E-state index in [4.69, 9.17) is 4.74 Å². The maximum absolute atomic E-state index is 11.8. The smallest absolute Gasteiger partial charge is 0.220 e. The number of ether oxygens (including phenoxy) is 1. The number of carbonyl (C=O) groups is 1. The van der Waals surface area contributed by atoms with Gasteiger partial charge in [0.25, 0.3) is 0 Å². The Hall–Kier alpha value is -0.610. The first-order chi connectivity index (χ1) is 8.25. The van der Waals surface area contributed by atoms with Crippen molar-refractivity contribution in [3.63, 3.8) is 0 Å². The van der Waals surface area contributed by atoms with Gasteiger partial charge in [-0.3, -0.25) is 4.79 Å². The summed E-state index contributed by atoms with van der Waals surface area (Å²) in [6.45, 7) is 5.84. The van der Waals surface area contributed by atoms with Crippen LogP contribution >= 0.6 is 0 Å². The van der Waals surface area contributed by atoms with E-state index < -0.39 is 0 Å². The van der Waals surface area contributed by atoms with Crippen LogP contribution in [0.15, 0.2) is 0 Å². The first-order valence-corrected chi connectivity index (χ1v) is 6.84. The number of amides is 1. The minimum absolute atomic E-state index is 0.219. The molecule has 2 N–H and O–H groups in total. The van der Waals surface area contributed by atoms with Gasteiger partial charge in [-0.25, -0.2) is 0 Å². The van der Waals surface area contributed by atoms with Gasteiger partial charge in [-0.05, 0) is 45.2 Å². The molecular formula is C13H24N2O2. The molecular weight excluding hydrogens is 216 g/mol. The van der Waals surface area contributed by atoms with Gasteiger partial charge < -0.3 is 15.4 Å². The predicted octanol–water partition coefficient (Wildman–Crippen LogP) is 0.917. The van der Waals surface area contributed by atoms with Crippen LogP contribution in [0.3, 0.4) is 0 Å². The minimum atomic E-state index is 0.219. The highest BCUT2D eigenvalue weighted by molar-refractivity contribution is 5.76. The summed E-state index contributed by atoms with van der Waals surface area (Å²) in [6.07, 6.45) is 4.35. The highest BCUT2D eigenvalue weighted by Crippen LogP contribution is 2.20. The van der Waals surface area contributed by atoms with Gasteiger partial charge in [0.05, 0.1) is 6.10 Å². The zero-order chi connectivity index (χ0) is 12.1. The Labute approximate surface area is 103 Å². The summed E-state index contributed by atoms with van der Waals surface area (Å²) < 4.78 is 5.49. The van der Waals surface area contributed by atoms with E-state index >= 15 is 0 Å². The molecule has 0 aromatic heterocycles. The molecule has 2 rings (SSSR count). The maximum atomic E-state index is 11.8. The van der Waals surface area contributed by atoms with E-state index in [1.807, 2.05) is 0 Å². The summed E-state index contributed by atoms with van der Waals surface area (Å²) in [6, 6.07) is 0. The van der Waals surface area contributed by atoms with E-state index in [1.165, 1.54) is 0 Å².